The van der Waals surface area contributed by atoms with Crippen LogP contribution in [0.5, 0.6) is 0 Å². The molecule has 0 N–H and O–H groups in total. The lowest BCUT2D eigenvalue weighted by Crippen LogP contribution is -2.29. The molecule has 0 radical (unpaired) electrons. The van der Waals surface area contributed by atoms with Crippen molar-refractivity contribution in [1.82, 2.24) is 34.6 Å². The Morgan fingerprint density at radius 3 is 2.16 bits per heavy atom. The van der Waals surface area contributed by atoms with Crippen LogP contribution < -0.4 is 0 Å². The molecule has 0 fully saturated rings. The molecule has 240 valence electrons. The minimum Gasteiger partial charge on any atom is -0.348 e. The van der Waals surface area contributed by atoms with E-state index >= 15 is 0 Å². The molecule has 9 aliphatic rings. The van der Waals surface area contributed by atoms with E-state index in [9.17, 15) is 0 Å². The Hall–Kier alpha value is -6.09. The van der Waals surface area contributed by atoms with E-state index in [1.165, 1.54) is 55.8 Å². The summed E-state index contributed by atoms with van der Waals surface area (Å²) in [5, 5.41) is 13.3. The summed E-state index contributed by atoms with van der Waals surface area (Å²) in [5.41, 5.74) is 14.8. The fraction of sp³-hybridized carbons (Fsp3) is 0.175. The van der Waals surface area contributed by atoms with Crippen LogP contribution in [0.3, 0.4) is 0 Å². The van der Waals surface area contributed by atoms with E-state index in [2.05, 4.69) is 161 Å². The van der Waals surface area contributed by atoms with Crippen molar-refractivity contribution >= 4 is 36.6 Å². The standard InChI is InChI=1S/C17H13N3.2C11H9N3.CH4/c1-2-5-12(6-3-1)15-9-13-7-4-8-14-10-20-17(16(13)14)19(15)11-18-20;1-3-12-9-2-4-13-5-6-14-7-8(1)10(9)11(13)14;1-2-8-4-5-13-7-12-14-6-9(3-1)10(8)11(13)14;/h1-9,11,17H,10H2;1-6,11H,7H2;1-5,7,11H,6H2;1H4. The van der Waals surface area contributed by atoms with Crippen molar-refractivity contribution in [3.8, 4) is 0 Å². The maximum atomic E-state index is 4.57. The molecule has 49 heavy (non-hydrogen) atoms. The summed E-state index contributed by atoms with van der Waals surface area (Å²) in [4.78, 5) is 13.4. The van der Waals surface area contributed by atoms with Crippen molar-refractivity contribution in [1.29, 1.82) is 0 Å². The lowest BCUT2D eigenvalue weighted by molar-refractivity contribution is 0.177. The third-order valence-electron chi connectivity index (χ3n) is 10.6. The Kier molecular flexibility index (Phi) is 5.97. The zero-order valence-corrected chi connectivity index (χ0v) is 26.1. The molecule has 13 rings (SSSR count). The van der Waals surface area contributed by atoms with Crippen LogP contribution in [0.4, 0.5) is 0 Å². The van der Waals surface area contributed by atoms with Crippen LogP contribution in [0.1, 0.15) is 81.7 Å². The van der Waals surface area contributed by atoms with Crippen LogP contribution in [-0.4, -0.2) is 47.3 Å². The summed E-state index contributed by atoms with van der Waals surface area (Å²) in [6.07, 6.45) is 21.8. The highest BCUT2D eigenvalue weighted by Crippen LogP contribution is 2.48. The van der Waals surface area contributed by atoms with Crippen LogP contribution in [-0.2, 0) is 19.6 Å². The molecular weight excluding hydrogens is 607 g/mol. The van der Waals surface area contributed by atoms with Crippen molar-refractivity contribution in [2.75, 3.05) is 0 Å². The molecule has 3 atom stereocenters. The van der Waals surface area contributed by atoms with Gasteiger partial charge in [-0.05, 0) is 57.7 Å². The highest BCUT2D eigenvalue weighted by molar-refractivity contribution is 5.91. The first kappa shape index (κ1) is 28.0. The van der Waals surface area contributed by atoms with Gasteiger partial charge in [-0.3, -0.25) is 15.0 Å². The summed E-state index contributed by atoms with van der Waals surface area (Å²) in [6.45, 7) is 2.88. The number of pyridine rings is 1. The van der Waals surface area contributed by atoms with Gasteiger partial charge in [0.25, 0.3) is 0 Å². The Balaban J connectivity index is 0.0000000949. The largest absolute Gasteiger partial charge is 0.348 e. The average molecular weight is 642 g/mol. The van der Waals surface area contributed by atoms with Crippen molar-refractivity contribution in [3.63, 3.8) is 0 Å². The van der Waals surface area contributed by atoms with Crippen LogP contribution in [0.15, 0.2) is 114 Å². The number of aromatic nitrogens is 1. The Bertz CT molecular complexity index is 2110. The molecule has 0 bridgehead atoms. The molecule has 9 nitrogen and oxygen atoms in total. The fourth-order valence-corrected chi connectivity index (χ4v) is 8.51. The van der Waals surface area contributed by atoms with Gasteiger partial charge in [-0.2, -0.15) is 10.2 Å². The van der Waals surface area contributed by atoms with Gasteiger partial charge in [0.15, 0.2) is 6.17 Å². The first-order chi connectivity index (χ1) is 23.8. The van der Waals surface area contributed by atoms with E-state index in [4.69, 9.17) is 0 Å². The van der Waals surface area contributed by atoms with Gasteiger partial charge in [0.2, 0.25) is 0 Å². The highest BCUT2D eigenvalue weighted by atomic mass is 15.6. The number of hydrogen-bond donors (Lipinski definition) is 0. The monoisotopic (exact) mass is 641 g/mol. The number of rotatable bonds is 1. The molecule has 4 aromatic rings. The first-order valence-electron chi connectivity index (χ1n) is 16.5. The summed E-state index contributed by atoms with van der Waals surface area (Å²) in [5.74, 6) is 0. The molecule has 10 heterocycles. The topological polar surface area (TPSA) is 57.1 Å². The third-order valence-corrected chi connectivity index (χ3v) is 10.6. The van der Waals surface area contributed by atoms with E-state index in [-0.39, 0.29) is 13.6 Å². The summed E-state index contributed by atoms with van der Waals surface area (Å²) in [7, 11) is 0. The van der Waals surface area contributed by atoms with Gasteiger partial charge >= 0.3 is 0 Å². The van der Waals surface area contributed by atoms with Gasteiger partial charge < -0.3 is 19.6 Å². The highest BCUT2D eigenvalue weighted by Gasteiger charge is 2.43. The number of hydrazone groups is 2. The molecule has 0 spiro atoms. The zero-order valence-electron chi connectivity index (χ0n) is 26.1. The lowest BCUT2D eigenvalue weighted by Gasteiger charge is -2.32. The molecule has 0 saturated heterocycles. The molecular formula is C40H35N9. The Labute approximate surface area is 286 Å². The summed E-state index contributed by atoms with van der Waals surface area (Å²) >= 11 is 0. The molecule has 0 amide bonds. The molecule has 1 aromatic heterocycles. The van der Waals surface area contributed by atoms with Gasteiger partial charge in [0.05, 0.1) is 24.5 Å². The van der Waals surface area contributed by atoms with Crippen LogP contribution in [0.2, 0.25) is 0 Å². The minimum absolute atomic E-state index is 0. The number of hydrogen-bond acceptors (Lipinski definition) is 9. The SMILES string of the molecule is C.C1=CN2C=CN3Cc4ccnc1c4C23.C1=CN2C=NN3Cc4cccc1c4C23.C1=NN2Cc3cccc4c3C2N1C(c1ccccc1)=C4. The van der Waals surface area contributed by atoms with E-state index in [1.54, 1.807) is 0 Å². The second-order valence-corrected chi connectivity index (χ2v) is 13.2. The quantitative estimate of drug-likeness (QED) is 0.216. The second-order valence-electron chi connectivity index (χ2n) is 13.2. The maximum absolute atomic E-state index is 4.57. The molecule has 3 unspecified atom stereocenters. The first-order valence-corrected chi connectivity index (χ1v) is 16.5. The predicted molar refractivity (Wildman–Crippen MR) is 193 cm³/mol. The smallest absolute Gasteiger partial charge is 0.150 e. The molecule has 0 aliphatic carbocycles. The van der Waals surface area contributed by atoms with Gasteiger partial charge in [-0.15, -0.1) is 0 Å². The second kappa shape index (κ2) is 10.5. The van der Waals surface area contributed by atoms with E-state index in [0.29, 0.717) is 12.3 Å². The van der Waals surface area contributed by atoms with Gasteiger partial charge in [0.1, 0.15) is 25.0 Å². The zero-order chi connectivity index (χ0) is 31.3. The van der Waals surface area contributed by atoms with Crippen molar-refractivity contribution < 1.29 is 0 Å². The van der Waals surface area contributed by atoms with E-state index < -0.39 is 0 Å². The number of nitrogens with zero attached hydrogens (tertiary/aromatic N) is 9. The van der Waals surface area contributed by atoms with Crippen molar-refractivity contribution in [3.05, 3.63) is 160 Å². The maximum Gasteiger partial charge on any atom is 0.150 e. The van der Waals surface area contributed by atoms with Crippen molar-refractivity contribution in [2.24, 2.45) is 10.2 Å². The normalized spacial score (nSPS) is 22.8. The molecule has 9 heteroatoms. The van der Waals surface area contributed by atoms with Gasteiger partial charge in [-0.25, -0.2) is 0 Å². The van der Waals surface area contributed by atoms with Crippen LogP contribution in [0.25, 0.3) is 23.9 Å². The summed E-state index contributed by atoms with van der Waals surface area (Å²) in [6, 6.07) is 25.7. The Morgan fingerprint density at radius 1 is 0.571 bits per heavy atom. The fourth-order valence-electron chi connectivity index (χ4n) is 8.51. The lowest BCUT2D eigenvalue weighted by atomic mass is 9.94. The molecule has 3 aromatic carbocycles. The van der Waals surface area contributed by atoms with E-state index in [0.717, 1.165) is 25.3 Å². The van der Waals surface area contributed by atoms with Crippen LogP contribution in [0, 0.1) is 0 Å². The molecule has 9 aliphatic heterocycles. The average Bonchev–Trinajstić information content (AvgIpc) is 3.97. The minimum atomic E-state index is 0. The molecule has 0 saturated carbocycles. The predicted octanol–water partition coefficient (Wildman–Crippen LogP) is 7.32. The number of benzene rings is 3. The van der Waals surface area contributed by atoms with Gasteiger partial charge in [-0.1, -0.05) is 74.2 Å². The van der Waals surface area contributed by atoms with E-state index in [1.807, 2.05) is 18.9 Å². The van der Waals surface area contributed by atoms with Crippen LogP contribution >= 0.6 is 0 Å². The Morgan fingerprint density at radius 2 is 1.31 bits per heavy atom. The summed E-state index contributed by atoms with van der Waals surface area (Å²) < 4.78 is 0. The third kappa shape index (κ3) is 4.02. The van der Waals surface area contributed by atoms with Gasteiger partial charge in [0, 0.05) is 54.2 Å². The van der Waals surface area contributed by atoms with Crippen molar-refractivity contribution in [2.45, 2.75) is 45.6 Å².